The van der Waals surface area contributed by atoms with Crippen LogP contribution < -0.4 is 5.32 Å². The first-order valence-electron chi connectivity index (χ1n) is 7.96. The molecule has 1 amide bonds. The van der Waals surface area contributed by atoms with E-state index in [1.807, 2.05) is 47.4 Å². The van der Waals surface area contributed by atoms with Gasteiger partial charge in [0.2, 0.25) is 0 Å². The lowest BCUT2D eigenvalue weighted by Gasteiger charge is -2.48. The number of rotatable bonds is 5. The van der Waals surface area contributed by atoms with Gasteiger partial charge in [0, 0.05) is 19.3 Å². The molecule has 0 aliphatic carbocycles. The second-order valence-electron chi connectivity index (χ2n) is 5.70. The summed E-state index contributed by atoms with van der Waals surface area (Å²) in [5.41, 5.74) is 2.13. The van der Waals surface area contributed by atoms with Crippen molar-refractivity contribution in [2.75, 3.05) is 25.6 Å². The molecule has 2 aromatic carbocycles. The van der Waals surface area contributed by atoms with Crippen molar-refractivity contribution in [3.63, 3.8) is 0 Å². The van der Waals surface area contributed by atoms with Crippen molar-refractivity contribution in [3.05, 3.63) is 65.7 Å². The number of amides is 1. The minimum atomic E-state index is -0.550. The molecule has 1 aliphatic heterocycles. The first kappa shape index (κ1) is 15.6. The molecule has 1 unspecified atom stereocenters. The molecular weight excluding hydrogens is 288 g/mol. The van der Waals surface area contributed by atoms with E-state index >= 15 is 0 Å². The Balaban J connectivity index is 2.13. The summed E-state index contributed by atoms with van der Waals surface area (Å²) >= 11 is 0. The molecule has 1 heterocycles. The molecule has 1 aliphatic rings. The Hall–Kier alpha value is -2.33. The SMILES string of the molecule is CCC1(c2ccccc2)Nc2ccccc2C(=O)N1CCOC. The first-order valence-corrected chi connectivity index (χ1v) is 7.96. The highest BCUT2D eigenvalue weighted by atomic mass is 16.5. The zero-order chi connectivity index (χ0) is 16.3. The van der Waals surface area contributed by atoms with E-state index in [-0.39, 0.29) is 5.91 Å². The predicted octanol–water partition coefficient (Wildman–Crippen LogP) is 3.46. The Kier molecular flexibility index (Phi) is 4.35. The van der Waals surface area contributed by atoms with Gasteiger partial charge in [-0.15, -0.1) is 0 Å². The first-order chi connectivity index (χ1) is 11.2. The second-order valence-corrected chi connectivity index (χ2v) is 5.70. The van der Waals surface area contributed by atoms with Crippen molar-refractivity contribution in [2.45, 2.75) is 19.0 Å². The van der Waals surface area contributed by atoms with E-state index in [2.05, 4.69) is 24.4 Å². The monoisotopic (exact) mass is 310 g/mol. The van der Waals surface area contributed by atoms with Crippen LogP contribution in [0, 0.1) is 0 Å². The maximum atomic E-state index is 13.1. The van der Waals surface area contributed by atoms with E-state index in [0.29, 0.717) is 18.7 Å². The fourth-order valence-electron chi connectivity index (χ4n) is 3.29. The number of hydrogen-bond donors (Lipinski definition) is 1. The van der Waals surface area contributed by atoms with Crippen LogP contribution >= 0.6 is 0 Å². The van der Waals surface area contributed by atoms with Gasteiger partial charge in [0.25, 0.3) is 5.91 Å². The van der Waals surface area contributed by atoms with Gasteiger partial charge in [-0.1, -0.05) is 49.4 Å². The van der Waals surface area contributed by atoms with Crippen LogP contribution in [0.5, 0.6) is 0 Å². The highest BCUT2D eigenvalue weighted by Gasteiger charge is 2.44. The van der Waals surface area contributed by atoms with Crippen LogP contribution in [0.3, 0.4) is 0 Å². The third-order valence-electron chi connectivity index (χ3n) is 4.49. The molecule has 120 valence electrons. The van der Waals surface area contributed by atoms with Crippen LogP contribution in [0.15, 0.2) is 54.6 Å². The van der Waals surface area contributed by atoms with E-state index in [0.717, 1.165) is 17.7 Å². The Morgan fingerprint density at radius 3 is 2.48 bits per heavy atom. The number of methoxy groups -OCH3 is 1. The van der Waals surface area contributed by atoms with E-state index in [4.69, 9.17) is 4.74 Å². The van der Waals surface area contributed by atoms with E-state index in [9.17, 15) is 4.79 Å². The molecule has 0 saturated carbocycles. The lowest BCUT2D eigenvalue weighted by Crippen LogP contribution is -2.58. The quantitative estimate of drug-likeness (QED) is 0.919. The minimum absolute atomic E-state index is 0.0436. The molecule has 23 heavy (non-hydrogen) atoms. The second kappa shape index (κ2) is 6.42. The maximum Gasteiger partial charge on any atom is 0.258 e. The van der Waals surface area contributed by atoms with Gasteiger partial charge in [0.15, 0.2) is 0 Å². The normalized spacial score (nSPS) is 20.1. The van der Waals surface area contributed by atoms with Crippen LogP contribution in [0.25, 0.3) is 0 Å². The number of anilines is 1. The Morgan fingerprint density at radius 1 is 1.09 bits per heavy atom. The number of para-hydroxylation sites is 1. The molecule has 4 heteroatoms. The topological polar surface area (TPSA) is 41.6 Å². The fourth-order valence-corrected chi connectivity index (χ4v) is 3.29. The highest BCUT2D eigenvalue weighted by molar-refractivity contribution is 6.02. The van der Waals surface area contributed by atoms with Crippen molar-refractivity contribution in [3.8, 4) is 0 Å². The Morgan fingerprint density at radius 2 is 1.78 bits per heavy atom. The summed E-state index contributed by atoms with van der Waals surface area (Å²) in [7, 11) is 1.66. The van der Waals surface area contributed by atoms with Gasteiger partial charge in [0.1, 0.15) is 5.66 Å². The molecule has 2 aromatic rings. The molecule has 0 bridgehead atoms. The molecule has 0 aromatic heterocycles. The Bertz CT molecular complexity index is 687. The summed E-state index contributed by atoms with van der Waals surface area (Å²) < 4.78 is 5.23. The van der Waals surface area contributed by atoms with Gasteiger partial charge in [-0.2, -0.15) is 0 Å². The molecular formula is C19H22N2O2. The minimum Gasteiger partial charge on any atom is -0.383 e. The number of nitrogens with one attached hydrogen (secondary N) is 1. The number of benzene rings is 2. The third-order valence-corrected chi connectivity index (χ3v) is 4.49. The van der Waals surface area contributed by atoms with Gasteiger partial charge >= 0.3 is 0 Å². The molecule has 1 atom stereocenters. The molecule has 0 fully saturated rings. The average Bonchev–Trinajstić information content (AvgIpc) is 2.61. The van der Waals surface area contributed by atoms with Crippen LogP contribution in [-0.2, 0) is 10.4 Å². The zero-order valence-electron chi connectivity index (χ0n) is 13.6. The summed E-state index contributed by atoms with van der Waals surface area (Å²) in [6.07, 6.45) is 0.765. The van der Waals surface area contributed by atoms with Gasteiger partial charge in [-0.25, -0.2) is 0 Å². The number of hydrogen-bond acceptors (Lipinski definition) is 3. The lowest BCUT2D eigenvalue weighted by atomic mass is 9.90. The van der Waals surface area contributed by atoms with Crippen molar-refractivity contribution < 1.29 is 9.53 Å². The highest BCUT2D eigenvalue weighted by Crippen LogP contribution is 2.39. The van der Waals surface area contributed by atoms with Crippen molar-refractivity contribution >= 4 is 11.6 Å². The number of carbonyl (C=O) groups excluding carboxylic acids is 1. The average molecular weight is 310 g/mol. The van der Waals surface area contributed by atoms with Crippen molar-refractivity contribution in [1.29, 1.82) is 0 Å². The standard InChI is InChI=1S/C19H22N2O2/c1-3-19(15-9-5-4-6-10-15)20-17-12-8-7-11-16(17)18(22)21(19)13-14-23-2/h4-12,20H,3,13-14H2,1-2H3. The summed E-state index contributed by atoms with van der Waals surface area (Å²) in [4.78, 5) is 15.0. The van der Waals surface area contributed by atoms with Crippen LogP contribution in [0.2, 0.25) is 0 Å². The Labute approximate surface area is 137 Å². The number of carbonyl (C=O) groups is 1. The summed E-state index contributed by atoms with van der Waals surface area (Å²) in [5, 5.41) is 3.62. The van der Waals surface area contributed by atoms with E-state index < -0.39 is 5.66 Å². The van der Waals surface area contributed by atoms with Gasteiger partial charge in [-0.3, -0.25) is 4.79 Å². The largest absolute Gasteiger partial charge is 0.383 e. The number of ether oxygens (including phenoxy) is 1. The molecule has 0 radical (unpaired) electrons. The number of nitrogens with zero attached hydrogens (tertiary/aromatic N) is 1. The molecule has 0 spiro atoms. The van der Waals surface area contributed by atoms with Crippen LogP contribution in [0.4, 0.5) is 5.69 Å². The molecule has 0 saturated heterocycles. The molecule has 1 N–H and O–H groups in total. The summed E-state index contributed by atoms with van der Waals surface area (Å²) in [6, 6.07) is 17.8. The molecule has 3 rings (SSSR count). The van der Waals surface area contributed by atoms with Crippen molar-refractivity contribution in [1.82, 2.24) is 4.90 Å². The third kappa shape index (κ3) is 2.59. The lowest BCUT2D eigenvalue weighted by molar-refractivity contribution is 0.0381. The molecule has 4 nitrogen and oxygen atoms in total. The maximum absolute atomic E-state index is 13.1. The van der Waals surface area contributed by atoms with E-state index in [1.54, 1.807) is 7.11 Å². The fraction of sp³-hybridized carbons (Fsp3) is 0.316. The predicted molar refractivity (Wildman–Crippen MR) is 91.4 cm³/mol. The zero-order valence-corrected chi connectivity index (χ0v) is 13.6. The van der Waals surface area contributed by atoms with Gasteiger partial charge in [0.05, 0.1) is 12.2 Å². The van der Waals surface area contributed by atoms with E-state index in [1.165, 1.54) is 0 Å². The van der Waals surface area contributed by atoms with Gasteiger partial charge in [-0.05, 0) is 24.1 Å². The van der Waals surface area contributed by atoms with Crippen LogP contribution in [0.1, 0.15) is 29.3 Å². The van der Waals surface area contributed by atoms with Crippen LogP contribution in [-0.4, -0.2) is 31.1 Å². The smallest absolute Gasteiger partial charge is 0.258 e. The van der Waals surface area contributed by atoms with Crippen molar-refractivity contribution in [2.24, 2.45) is 0 Å². The summed E-state index contributed by atoms with van der Waals surface area (Å²) in [5.74, 6) is 0.0436. The van der Waals surface area contributed by atoms with Gasteiger partial charge < -0.3 is 15.0 Å². The number of fused-ring (bicyclic) bond motifs is 1. The summed E-state index contributed by atoms with van der Waals surface area (Å²) in [6.45, 7) is 3.14.